The van der Waals surface area contributed by atoms with Gasteiger partial charge in [0.2, 0.25) is 5.91 Å². The Labute approximate surface area is 407 Å². The van der Waals surface area contributed by atoms with E-state index in [1.54, 1.807) is 6.08 Å². The Morgan fingerprint density at radius 1 is 0.545 bits per heavy atom. The van der Waals surface area contributed by atoms with Crippen LogP contribution in [-0.4, -0.2) is 68.5 Å². The quantitative estimate of drug-likeness (QED) is 0.0272. The minimum atomic E-state index is -4.59. The number of amides is 1. The molecule has 66 heavy (non-hydrogen) atoms. The number of quaternary nitrogens is 1. The van der Waals surface area contributed by atoms with Crippen LogP contribution in [0.5, 0.6) is 0 Å². The van der Waals surface area contributed by atoms with E-state index in [2.05, 4.69) is 92.1 Å². The minimum Gasteiger partial charge on any atom is -0.756 e. The number of aliphatic hydroxyl groups excluding tert-OH is 1. The number of allylic oxidation sites excluding steroid dienone is 13. The van der Waals surface area contributed by atoms with Crippen molar-refractivity contribution in [1.29, 1.82) is 0 Å². The Hall–Kier alpha value is -2.32. The molecule has 0 aromatic heterocycles. The number of nitrogens with one attached hydrogen (secondary N) is 1. The van der Waals surface area contributed by atoms with E-state index in [0.717, 1.165) is 70.6 Å². The molecule has 0 saturated carbocycles. The van der Waals surface area contributed by atoms with Crippen LogP contribution in [0.3, 0.4) is 0 Å². The van der Waals surface area contributed by atoms with E-state index >= 15 is 0 Å². The lowest BCUT2D eigenvalue weighted by Crippen LogP contribution is -2.45. The molecule has 0 aliphatic rings. The average Bonchev–Trinajstić information content (AvgIpc) is 3.28. The molecule has 382 valence electrons. The van der Waals surface area contributed by atoms with Crippen molar-refractivity contribution in [2.24, 2.45) is 0 Å². The largest absolute Gasteiger partial charge is 0.756 e. The van der Waals surface area contributed by atoms with Gasteiger partial charge in [0, 0.05) is 6.42 Å². The number of carbonyl (C=O) groups is 1. The molecule has 8 nitrogen and oxygen atoms in total. The van der Waals surface area contributed by atoms with Gasteiger partial charge in [0.1, 0.15) is 13.2 Å². The molecule has 0 aliphatic heterocycles. The van der Waals surface area contributed by atoms with Crippen molar-refractivity contribution in [2.75, 3.05) is 40.9 Å². The zero-order chi connectivity index (χ0) is 48.5. The number of hydrogen-bond donors (Lipinski definition) is 2. The van der Waals surface area contributed by atoms with Crippen LogP contribution in [0.4, 0.5) is 0 Å². The summed E-state index contributed by atoms with van der Waals surface area (Å²) >= 11 is 0. The third-order valence-corrected chi connectivity index (χ3v) is 12.6. The SMILES string of the molecule is CC/C=C\C/C=C\C/C=C\C/C=C\C/C=C\CCCCCCCCCCCCCCCCCCCCCC(=O)NC(COP(=O)([O-])OCC[N+](C)(C)C)C(O)/C=C/CC/C=C/CCCCC. The number of hydrogen-bond acceptors (Lipinski definition) is 6. The average molecular weight is 943 g/mol. The Balaban J connectivity index is 3.94. The zero-order valence-corrected chi connectivity index (χ0v) is 44.3. The molecule has 0 spiro atoms. The maximum absolute atomic E-state index is 12.9. The van der Waals surface area contributed by atoms with Crippen LogP contribution < -0.4 is 10.2 Å². The number of carbonyl (C=O) groups excluding carboxylic acids is 1. The summed E-state index contributed by atoms with van der Waals surface area (Å²) in [7, 11) is 1.24. The van der Waals surface area contributed by atoms with Crippen LogP contribution in [0, 0.1) is 0 Å². The predicted molar refractivity (Wildman–Crippen MR) is 283 cm³/mol. The Bertz CT molecular complexity index is 1350. The van der Waals surface area contributed by atoms with Gasteiger partial charge in [-0.1, -0.05) is 221 Å². The molecule has 0 heterocycles. The van der Waals surface area contributed by atoms with Gasteiger partial charge in [-0.15, -0.1) is 0 Å². The summed E-state index contributed by atoms with van der Waals surface area (Å²) in [5.41, 5.74) is 0. The standard InChI is InChI=1S/C57H103N2O6P/c1-6-8-10-12-14-16-17-18-19-20-21-22-23-24-25-26-27-28-29-30-31-32-33-34-35-36-37-38-39-40-41-43-45-47-49-51-57(61)58-55(54-65-66(62,63)64-53-52-59(3,4)5)56(60)50-48-46-44-42-15-13-11-9-7-2/h8,10,14-16,18-19,21-22,24-25,42,48,50,55-56,60H,6-7,9,11-13,17,20,23,26-41,43-47,49,51-54H2,1-5H3,(H-,58,61,62,63)/b10-8-,16-14-,19-18-,22-21-,25-24-,42-15+,50-48+. The number of likely N-dealkylation sites (N-methyl/N-ethyl adjacent to an activating group) is 1. The van der Waals surface area contributed by atoms with Crippen molar-refractivity contribution in [1.82, 2.24) is 5.32 Å². The lowest BCUT2D eigenvalue weighted by molar-refractivity contribution is -0.870. The zero-order valence-electron chi connectivity index (χ0n) is 43.4. The van der Waals surface area contributed by atoms with Gasteiger partial charge in [0.25, 0.3) is 7.82 Å². The molecule has 3 atom stereocenters. The molecule has 0 radical (unpaired) electrons. The number of aliphatic hydroxyl groups is 1. The van der Waals surface area contributed by atoms with E-state index in [4.69, 9.17) is 9.05 Å². The number of phosphoric acid groups is 1. The molecule has 0 fully saturated rings. The number of unbranched alkanes of at least 4 members (excludes halogenated alkanes) is 23. The predicted octanol–water partition coefficient (Wildman–Crippen LogP) is 15.5. The topological polar surface area (TPSA) is 108 Å². The molecule has 1 amide bonds. The van der Waals surface area contributed by atoms with Gasteiger partial charge < -0.3 is 28.8 Å². The highest BCUT2D eigenvalue weighted by Gasteiger charge is 2.23. The number of nitrogens with zero attached hydrogens (tertiary/aromatic N) is 1. The molecule has 0 aromatic carbocycles. The van der Waals surface area contributed by atoms with E-state index in [1.807, 2.05) is 27.2 Å². The number of rotatable bonds is 48. The number of phosphoric ester groups is 1. The van der Waals surface area contributed by atoms with Crippen LogP contribution >= 0.6 is 7.82 Å². The monoisotopic (exact) mass is 943 g/mol. The van der Waals surface area contributed by atoms with E-state index < -0.39 is 26.6 Å². The lowest BCUT2D eigenvalue weighted by Gasteiger charge is -2.29. The second-order valence-electron chi connectivity index (χ2n) is 19.2. The second kappa shape index (κ2) is 47.7. The molecule has 9 heteroatoms. The fourth-order valence-electron chi connectivity index (χ4n) is 7.37. The summed E-state index contributed by atoms with van der Waals surface area (Å²) in [6.07, 6.45) is 66.9. The van der Waals surface area contributed by atoms with Gasteiger partial charge in [-0.25, -0.2) is 0 Å². The summed E-state index contributed by atoms with van der Waals surface area (Å²) in [5.74, 6) is -0.211. The van der Waals surface area contributed by atoms with Crippen molar-refractivity contribution in [3.8, 4) is 0 Å². The van der Waals surface area contributed by atoms with Crippen LogP contribution in [-0.2, 0) is 18.4 Å². The van der Waals surface area contributed by atoms with Crippen molar-refractivity contribution in [3.05, 3.63) is 85.1 Å². The van der Waals surface area contributed by atoms with Gasteiger partial charge in [-0.05, 0) is 77.0 Å². The lowest BCUT2D eigenvalue weighted by atomic mass is 10.0. The first-order valence-electron chi connectivity index (χ1n) is 26.9. The van der Waals surface area contributed by atoms with Gasteiger partial charge in [-0.2, -0.15) is 0 Å². The highest BCUT2D eigenvalue weighted by Crippen LogP contribution is 2.38. The molecule has 0 aliphatic carbocycles. The summed E-state index contributed by atoms with van der Waals surface area (Å²) in [5, 5.41) is 13.7. The molecule has 0 saturated heterocycles. The minimum absolute atomic E-state index is 0.00840. The summed E-state index contributed by atoms with van der Waals surface area (Å²) in [6, 6.07) is -0.903. The normalized spacial score (nSPS) is 14.7. The van der Waals surface area contributed by atoms with Crippen LogP contribution in [0.2, 0.25) is 0 Å². The molecular weight excluding hydrogens is 840 g/mol. The first-order chi connectivity index (χ1) is 32.0. The molecule has 0 aromatic rings. The van der Waals surface area contributed by atoms with Gasteiger partial charge in [0.15, 0.2) is 0 Å². The first-order valence-corrected chi connectivity index (χ1v) is 28.4. The third kappa shape index (κ3) is 49.6. The van der Waals surface area contributed by atoms with Crippen LogP contribution in [0.1, 0.15) is 219 Å². The van der Waals surface area contributed by atoms with Crippen LogP contribution in [0.15, 0.2) is 85.1 Å². The highest BCUT2D eigenvalue weighted by atomic mass is 31.2. The van der Waals surface area contributed by atoms with E-state index in [-0.39, 0.29) is 12.5 Å². The maximum atomic E-state index is 12.9. The van der Waals surface area contributed by atoms with Gasteiger partial charge in [0.05, 0.1) is 39.9 Å². The fourth-order valence-corrected chi connectivity index (χ4v) is 8.09. The summed E-state index contributed by atoms with van der Waals surface area (Å²) in [4.78, 5) is 25.3. The molecule has 3 unspecified atom stereocenters. The van der Waals surface area contributed by atoms with E-state index in [9.17, 15) is 19.4 Å². The maximum Gasteiger partial charge on any atom is 0.268 e. The molecule has 0 rings (SSSR count). The molecule has 2 N–H and O–H groups in total. The van der Waals surface area contributed by atoms with Crippen molar-refractivity contribution >= 4 is 13.7 Å². The summed E-state index contributed by atoms with van der Waals surface area (Å²) < 4.78 is 23.2. The molecular formula is C57H103N2O6P. The van der Waals surface area contributed by atoms with Crippen molar-refractivity contribution in [2.45, 2.75) is 231 Å². The third-order valence-electron chi connectivity index (χ3n) is 11.6. The second-order valence-corrected chi connectivity index (χ2v) is 20.6. The van der Waals surface area contributed by atoms with E-state index in [1.165, 1.54) is 128 Å². The Morgan fingerprint density at radius 3 is 1.41 bits per heavy atom. The van der Waals surface area contributed by atoms with Crippen molar-refractivity contribution < 1.29 is 32.9 Å². The smallest absolute Gasteiger partial charge is 0.268 e. The Morgan fingerprint density at radius 2 is 0.939 bits per heavy atom. The summed E-state index contributed by atoms with van der Waals surface area (Å²) in [6.45, 7) is 4.45. The van der Waals surface area contributed by atoms with Gasteiger partial charge in [-0.3, -0.25) is 9.36 Å². The Kier molecular flexibility index (Phi) is 46.1. The highest BCUT2D eigenvalue weighted by molar-refractivity contribution is 7.45. The molecule has 0 bridgehead atoms. The van der Waals surface area contributed by atoms with E-state index in [0.29, 0.717) is 17.4 Å². The van der Waals surface area contributed by atoms with Crippen molar-refractivity contribution in [3.63, 3.8) is 0 Å². The van der Waals surface area contributed by atoms with Gasteiger partial charge >= 0.3 is 0 Å². The fraction of sp³-hybridized carbons (Fsp3) is 0.737. The van der Waals surface area contributed by atoms with Crippen LogP contribution in [0.25, 0.3) is 0 Å². The first kappa shape index (κ1) is 63.7.